The molecule has 0 aliphatic carbocycles. The lowest BCUT2D eigenvalue weighted by atomic mass is 9.86. The molecule has 2 rings (SSSR count). The van der Waals surface area contributed by atoms with Crippen LogP contribution in [0.4, 0.5) is 0 Å². The molecule has 1 heterocycles. The number of nitrogens with one attached hydrogen (secondary N) is 1. The molecule has 0 spiro atoms. The average Bonchev–Trinajstić information content (AvgIpc) is 2.54. The quantitative estimate of drug-likeness (QED) is 0.880. The van der Waals surface area contributed by atoms with Crippen LogP contribution in [0.25, 0.3) is 0 Å². The molecule has 0 fully saturated rings. The standard InChI is InChI=1S/C18H21N3O3/c1-18(2,3)13-6-4-12(5-7-13)8-9-19-16(22)14-10-21-15(11-20-14)17(23)24/h4-7,10-11H,8-9H2,1-3H3,(H,19,22)(H,23,24). The van der Waals surface area contributed by atoms with Gasteiger partial charge >= 0.3 is 5.97 Å². The smallest absolute Gasteiger partial charge is 0.356 e. The third kappa shape index (κ3) is 4.62. The van der Waals surface area contributed by atoms with E-state index >= 15 is 0 Å². The Hall–Kier alpha value is -2.76. The first-order valence-electron chi connectivity index (χ1n) is 7.70. The number of amides is 1. The summed E-state index contributed by atoms with van der Waals surface area (Å²) in [7, 11) is 0. The van der Waals surface area contributed by atoms with Crippen LogP contribution in [0.3, 0.4) is 0 Å². The third-order valence-electron chi connectivity index (χ3n) is 3.62. The Kier molecular flexibility index (Phi) is 5.28. The summed E-state index contributed by atoms with van der Waals surface area (Å²) in [6, 6.07) is 8.34. The topological polar surface area (TPSA) is 92.2 Å². The average molecular weight is 327 g/mol. The molecule has 2 aromatic rings. The molecule has 0 aliphatic rings. The molecule has 2 N–H and O–H groups in total. The lowest BCUT2D eigenvalue weighted by molar-refractivity contribution is 0.0689. The zero-order chi connectivity index (χ0) is 17.7. The Bertz CT molecular complexity index is 717. The molecule has 0 atom stereocenters. The number of benzene rings is 1. The number of hydrogen-bond donors (Lipinski definition) is 2. The van der Waals surface area contributed by atoms with E-state index in [1.807, 2.05) is 0 Å². The highest BCUT2D eigenvalue weighted by Gasteiger charge is 2.13. The molecular formula is C18H21N3O3. The normalized spacial score (nSPS) is 11.1. The molecule has 24 heavy (non-hydrogen) atoms. The monoisotopic (exact) mass is 327 g/mol. The number of carboxylic acid groups (broad SMARTS) is 1. The fraction of sp³-hybridized carbons (Fsp3) is 0.333. The molecule has 0 saturated carbocycles. The van der Waals surface area contributed by atoms with Crippen molar-refractivity contribution in [1.82, 2.24) is 15.3 Å². The van der Waals surface area contributed by atoms with E-state index in [1.165, 1.54) is 5.56 Å². The maximum absolute atomic E-state index is 11.9. The molecule has 0 unspecified atom stereocenters. The summed E-state index contributed by atoms with van der Waals surface area (Å²) in [5.74, 6) is -1.54. The van der Waals surface area contributed by atoms with Gasteiger partial charge in [-0.15, -0.1) is 0 Å². The molecule has 6 nitrogen and oxygen atoms in total. The zero-order valence-corrected chi connectivity index (χ0v) is 14.0. The Labute approximate surface area is 141 Å². The van der Waals surface area contributed by atoms with Crippen LogP contribution in [0.1, 0.15) is 52.9 Å². The van der Waals surface area contributed by atoms with Crippen LogP contribution in [0.5, 0.6) is 0 Å². The first kappa shape index (κ1) is 17.6. The molecule has 126 valence electrons. The van der Waals surface area contributed by atoms with Crippen molar-refractivity contribution in [2.24, 2.45) is 0 Å². The maximum atomic E-state index is 11.9. The SMILES string of the molecule is CC(C)(C)c1ccc(CCNC(=O)c2cnc(C(=O)O)cn2)cc1. The lowest BCUT2D eigenvalue weighted by Crippen LogP contribution is -2.27. The first-order chi connectivity index (χ1) is 11.3. The van der Waals surface area contributed by atoms with Crippen molar-refractivity contribution in [2.45, 2.75) is 32.6 Å². The van der Waals surface area contributed by atoms with Gasteiger partial charge in [-0.3, -0.25) is 4.79 Å². The van der Waals surface area contributed by atoms with Gasteiger partial charge < -0.3 is 10.4 Å². The Morgan fingerprint density at radius 2 is 1.62 bits per heavy atom. The third-order valence-corrected chi connectivity index (χ3v) is 3.62. The van der Waals surface area contributed by atoms with E-state index in [1.54, 1.807) is 0 Å². The highest BCUT2D eigenvalue weighted by Crippen LogP contribution is 2.22. The minimum Gasteiger partial charge on any atom is -0.476 e. The Morgan fingerprint density at radius 3 is 2.12 bits per heavy atom. The molecule has 1 aromatic heterocycles. The molecule has 1 aromatic carbocycles. The molecule has 0 aliphatic heterocycles. The first-order valence-corrected chi connectivity index (χ1v) is 7.70. The van der Waals surface area contributed by atoms with Crippen molar-refractivity contribution < 1.29 is 14.7 Å². The number of carbonyl (C=O) groups excluding carboxylic acids is 1. The fourth-order valence-electron chi connectivity index (χ4n) is 2.14. The summed E-state index contributed by atoms with van der Waals surface area (Å²) < 4.78 is 0. The van der Waals surface area contributed by atoms with E-state index in [4.69, 9.17) is 5.11 Å². The van der Waals surface area contributed by atoms with Crippen LogP contribution in [0, 0.1) is 0 Å². The predicted molar refractivity (Wildman–Crippen MR) is 90.2 cm³/mol. The molecule has 1 amide bonds. The van der Waals surface area contributed by atoms with E-state index in [9.17, 15) is 9.59 Å². The van der Waals surface area contributed by atoms with E-state index in [0.717, 1.165) is 18.0 Å². The summed E-state index contributed by atoms with van der Waals surface area (Å²) >= 11 is 0. The van der Waals surface area contributed by atoms with Gasteiger partial charge in [-0.1, -0.05) is 45.0 Å². The predicted octanol–water partition coefficient (Wildman–Crippen LogP) is 2.44. The van der Waals surface area contributed by atoms with Gasteiger partial charge in [0.15, 0.2) is 5.69 Å². The van der Waals surface area contributed by atoms with Gasteiger partial charge in [0.05, 0.1) is 12.4 Å². The number of hydrogen-bond acceptors (Lipinski definition) is 4. The molecular weight excluding hydrogens is 306 g/mol. The summed E-state index contributed by atoms with van der Waals surface area (Å²) in [6.45, 7) is 6.97. The van der Waals surface area contributed by atoms with Gasteiger partial charge in [-0.25, -0.2) is 14.8 Å². The number of aromatic carboxylic acids is 1. The van der Waals surface area contributed by atoms with Crippen LogP contribution in [-0.4, -0.2) is 33.5 Å². The zero-order valence-electron chi connectivity index (χ0n) is 14.0. The minimum atomic E-state index is -1.17. The van der Waals surface area contributed by atoms with E-state index in [0.29, 0.717) is 13.0 Å². The summed E-state index contributed by atoms with van der Waals surface area (Å²) in [5.41, 5.74) is 2.43. The molecule has 0 saturated heterocycles. The number of carbonyl (C=O) groups is 2. The van der Waals surface area contributed by atoms with Gasteiger partial charge in [0.1, 0.15) is 5.69 Å². The molecule has 6 heteroatoms. The number of rotatable bonds is 5. The second-order valence-corrected chi connectivity index (χ2v) is 6.54. The molecule has 0 radical (unpaired) electrons. The van der Waals surface area contributed by atoms with Gasteiger partial charge in [0, 0.05) is 6.54 Å². The van der Waals surface area contributed by atoms with Crippen LogP contribution < -0.4 is 5.32 Å². The van der Waals surface area contributed by atoms with Crippen molar-refractivity contribution >= 4 is 11.9 Å². The Balaban J connectivity index is 1.87. The van der Waals surface area contributed by atoms with Crippen molar-refractivity contribution in [3.8, 4) is 0 Å². The van der Waals surface area contributed by atoms with E-state index < -0.39 is 5.97 Å². The van der Waals surface area contributed by atoms with Gasteiger partial charge in [0.25, 0.3) is 5.91 Å². The maximum Gasteiger partial charge on any atom is 0.356 e. The number of aromatic nitrogens is 2. The van der Waals surface area contributed by atoms with Crippen LogP contribution in [0.15, 0.2) is 36.7 Å². The molecule has 0 bridgehead atoms. The number of carboxylic acids is 1. The minimum absolute atomic E-state index is 0.100. The number of nitrogens with zero attached hydrogens (tertiary/aromatic N) is 2. The van der Waals surface area contributed by atoms with Crippen LogP contribution in [-0.2, 0) is 11.8 Å². The fourth-order valence-corrected chi connectivity index (χ4v) is 2.14. The summed E-state index contributed by atoms with van der Waals surface area (Å²) in [6.07, 6.45) is 2.94. The van der Waals surface area contributed by atoms with Crippen molar-refractivity contribution in [2.75, 3.05) is 6.54 Å². The van der Waals surface area contributed by atoms with Gasteiger partial charge in [0.2, 0.25) is 0 Å². The highest BCUT2D eigenvalue weighted by molar-refractivity contribution is 5.92. The summed E-state index contributed by atoms with van der Waals surface area (Å²) in [5, 5.41) is 11.5. The van der Waals surface area contributed by atoms with Crippen molar-refractivity contribution in [1.29, 1.82) is 0 Å². The second kappa shape index (κ2) is 7.21. The van der Waals surface area contributed by atoms with Crippen LogP contribution >= 0.6 is 0 Å². The Morgan fingerprint density at radius 1 is 1.04 bits per heavy atom. The highest BCUT2D eigenvalue weighted by atomic mass is 16.4. The largest absolute Gasteiger partial charge is 0.476 e. The van der Waals surface area contributed by atoms with Gasteiger partial charge in [-0.05, 0) is 23.0 Å². The van der Waals surface area contributed by atoms with E-state index in [2.05, 4.69) is 60.3 Å². The second-order valence-electron chi connectivity index (χ2n) is 6.54. The summed E-state index contributed by atoms with van der Waals surface area (Å²) in [4.78, 5) is 30.1. The van der Waals surface area contributed by atoms with Crippen LogP contribution in [0.2, 0.25) is 0 Å². The lowest BCUT2D eigenvalue weighted by Gasteiger charge is -2.19. The van der Waals surface area contributed by atoms with Crippen molar-refractivity contribution in [3.63, 3.8) is 0 Å². The van der Waals surface area contributed by atoms with Crippen molar-refractivity contribution in [3.05, 3.63) is 59.2 Å². The van der Waals surface area contributed by atoms with Gasteiger partial charge in [-0.2, -0.15) is 0 Å². The van der Waals surface area contributed by atoms with E-state index in [-0.39, 0.29) is 22.7 Å².